The third-order valence-electron chi connectivity index (χ3n) is 2.55. The third kappa shape index (κ3) is 1.87. The van der Waals surface area contributed by atoms with Crippen LogP contribution >= 0.6 is 0 Å². The van der Waals surface area contributed by atoms with Crippen molar-refractivity contribution in [2.45, 2.75) is 38.5 Å². The molecule has 14 heavy (non-hydrogen) atoms. The van der Waals surface area contributed by atoms with Crippen molar-refractivity contribution in [2.24, 2.45) is 5.73 Å². The van der Waals surface area contributed by atoms with E-state index in [0.717, 1.165) is 0 Å². The SMILES string of the molecule is C/C=C1\C(=C(/C)F)C(O)(O)CCC1N. The van der Waals surface area contributed by atoms with Crippen LogP contribution in [-0.2, 0) is 0 Å². The van der Waals surface area contributed by atoms with Crippen LogP contribution in [0.3, 0.4) is 0 Å². The predicted octanol–water partition coefficient (Wildman–Crippen LogP) is 0.978. The minimum absolute atomic E-state index is 0.0706. The summed E-state index contributed by atoms with van der Waals surface area (Å²) in [7, 11) is 0. The van der Waals surface area contributed by atoms with Crippen LogP contribution in [-0.4, -0.2) is 22.0 Å². The van der Waals surface area contributed by atoms with Gasteiger partial charge in [0.2, 0.25) is 0 Å². The first kappa shape index (κ1) is 11.4. The summed E-state index contributed by atoms with van der Waals surface area (Å²) in [6.45, 7) is 2.91. The Kier molecular flexibility index (Phi) is 3.09. The third-order valence-corrected chi connectivity index (χ3v) is 2.55. The van der Waals surface area contributed by atoms with Crippen LogP contribution in [0, 0.1) is 0 Å². The van der Waals surface area contributed by atoms with E-state index >= 15 is 0 Å². The minimum atomic E-state index is -2.07. The number of aliphatic hydroxyl groups is 2. The molecule has 0 aromatic heterocycles. The number of hydrogen-bond donors (Lipinski definition) is 3. The molecule has 80 valence electrons. The van der Waals surface area contributed by atoms with Gasteiger partial charge in [0.1, 0.15) is 5.83 Å². The number of halogens is 1. The molecule has 1 rings (SSSR count). The summed E-state index contributed by atoms with van der Waals surface area (Å²) in [5.41, 5.74) is 6.16. The summed E-state index contributed by atoms with van der Waals surface area (Å²) in [6, 6.07) is -0.312. The summed E-state index contributed by atoms with van der Waals surface area (Å²) in [5.74, 6) is -2.66. The molecule has 1 unspecified atom stereocenters. The molecule has 3 nitrogen and oxygen atoms in total. The quantitative estimate of drug-likeness (QED) is 0.512. The Hall–Kier alpha value is -0.710. The first-order valence-corrected chi connectivity index (χ1v) is 4.64. The lowest BCUT2D eigenvalue weighted by atomic mass is 9.81. The van der Waals surface area contributed by atoms with Gasteiger partial charge in [0.15, 0.2) is 5.79 Å². The van der Waals surface area contributed by atoms with Crippen LogP contribution < -0.4 is 5.73 Å². The summed E-state index contributed by atoms with van der Waals surface area (Å²) >= 11 is 0. The molecule has 1 aliphatic rings. The number of hydrogen-bond acceptors (Lipinski definition) is 3. The molecular formula is C10H16FNO2. The molecule has 1 saturated carbocycles. The second-order valence-electron chi connectivity index (χ2n) is 3.61. The Balaban J connectivity index is 3.21. The zero-order valence-electron chi connectivity index (χ0n) is 8.42. The topological polar surface area (TPSA) is 66.5 Å². The lowest BCUT2D eigenvalue weighted by molar-refractivity contribution is -0.139. The molecule has 4 heteroatoms. The van der Waals surface area contributed by atoms with Crippen molar-refractivity contribution in [1.82, 2.24) is 0 Å². The fraction of sp³-hybridized carbons (Fsp3) is 0.600. The van der Waals surface area contributed by atoms with Crippen molar-refractivity contribution in [3.63, 3.8) is 0 Å². The largest absolute Gasteiger partial charge is 0.362 e. The van der Waals surface area contributed by atoms with Crippen LogP contribution in [0.25, 0.3) is 0 Å². The Morgan fingerprint density at radius 2 is 2.21 bits per heavy atom. The lowest BCUT2D eigenvalue weighted by Gasteiger charge is -2.35. The Morgan fingerprint density at radius 1 is 1.64 bits per heavy atom. The molecule has 0 saturated heterocycles. The molecule has 0 radical (unpaired) electrons. The van der Waals surface area contributed by atoms with Gasteiger partial charge in [-0.25, -0.2) is 4.39 Å². The number of rotatable bonds is 0. The molecule has 0 bridgehead atoms. The van der Waals surface area contributed by atoms with Gasteiger partial charge in [0.05, 0.1) is 0 Å². The maximum absolute atomic E-state index is 13.2. The highest BCUT2D eigenvalue weighted by Gasteiger charge is 2.39. The van der Waals surface area contributed by atoms with Gasteiger partial charge in [-0.1, -0.05) is 6.08 Å². The molecule has 0 spiro atoms. The molecular weight excluding hydrogens is 185 g/mol. The van der Waals surface area contributed by atoms with E-state index in [2.05, 4.69) is 0 Å². The van der Waals surface area contributed by atoms with E-state index in [-0.39, 0.29) is 18.0 Å². The molecule has 1 fully saturated rings. The van der Waals surface area contributed by atoms with Crippen LogP contribution in [0.1, 0.15) is 26.7 Å². The van der Waals surface area contributed by atoms with E-state index in [9.17, 15) is 14.6 Å². The van der Waals surface area contributed by atoms with Gasteiger partial charge in [0.25, 0.3) is 0 Å². The normalized spacial score (nSPS) is 33.3. The van der Waals surface area contributed by atoms with E-state index in [4.69, 9.17) is 5.73 Å². The molecule has 1 aliphatic carbocycles. The molecule has 0 aliphatic heterocycles. The summed E-state index contributed by atoms with van der Waals surface area (Å²) in [4.78, 5) is 0. The maximum Gasteiger partial charge on any atom is 0.192 e. The van der Waals surface area contributed by atoms with Crippen molar-refractivity contribution in [2.75, 3.05) is 0 Å². The van der Waals surface area contributed by atoms with Crippen LogP contribution in [0.5, 0.6) is 0 Å². The molecule has 1 atom stereocenters. The lowest BCUT2D eigenvalue weighted by Crippen LogP contribution is -2.43. The Bertz CT molecular complexity index is 290. The monoisotopic (exact) mass is 201 g/mol. The van der Waals surface area contributed by atoms with E-state index in [1.165, 1.54) is 6.92 Å². The zero-order valence-corrected chi connectivity index (χ0v) is 8.42. The first-order valence-electron chi connectivity index (χ1n) is 4.64. The summed E-state index contributed by atoms with van der Waals surface area (Å²) in [5, 5.41) is 19.2. The second kappa shape index (κ2) is 3.81. The highest BCUT2D eigenvalue weighted by atomic mass is 19.1. The fourth-order valence-corrected chi connectivity index (χ4v) is 1.89. The Morgan fingerprint density at radius 3 is 2.57 bits per heavy atom. The van der Waals surface area contributed by atoms with Gasteiger partial charge >= 0.3 is 0 Å². The van der Waals surface area contributed by atoms with Crippen molar-refractivity contribution in [3.05, 3.63) is 23.0 Å². The number of nitrogens with two attached hydrogens (primary N) is 1. The molecule has 0 aromatic carbocycles. The standard InChI is InChI=1S/C10H16FNO2/c1-3-7-8(12)4-5-10(13,14)9(7)6(2)11/h3,8,13-14H,4-5,12H2,1-2H3/b7-3-,9-6-. The average Bonchev–Trinajstić information content (AvgIpc) is 2.07. The van der Waals surface area contributed by atoms with E-state index in [0.29, 0.717) is 12.0 Å². The van der Waals surface area contributed by atoms with Gasteiger partial charge < -0.3 is 15.9 Å². The van der Waals surface area contributed by atoms with Crippen LogP contribution in [0.4, 0.5) is 4.39 Å². The highest BCUT2D eigenvalue weighted by Crippen LogP contribution is 2.37. The molecule has 0 amide bonds. The summed E-state index contributed by atoms with van der Waals surface area (Å²) in [6.07, 6.45) is 2.15. The minimum Gasteiger partial charge on any atom is -0.362 e. The highest BCUT2D eigenvalue weighted by molar-refractivity contribution is 5.43. The second-order valence-corrected chi connectivity index (χ2v) is 3.61. The molecule has 0 heterocycles. The maximum atomic E-state index is 13.2. The van der Waals surface area contributed by atoms with Crippen molar-refractivity contribution in [1.29, 1.82) is 0 Å². The summed E-state index contributed by atoms with van der Waals surface area (Å²) < 4.78 is 13.2. The van der Waals surface area contributed by atoms with Crippen molar-refractivity contribution >= 4 is 0 Å². The van der Waals surface area contributed by atoms with Gasteiger partial charge in [-0.05, 0) is 25.8 Å². The van der Waals surface area contributed by atoms with Gasteiger partial charge in [-0.3, -0.25) is 0 Å². The van der Waals surface area contributed by atoms with Crippen molar-refractivity contribution in [3.8, 4) is 0 Å². The van der Waals surface area contributed by atoms with Gasteiger partial charge in [-0.15, -0.1) is 0 Å². The molecule has 4 N–H and O–H groups in total. The van der Waals surface area contributed by atoms with Crippen molar-refractivity contribution < 1.29 is 14.6 Å². The predicted molar refractivity (Wildman–Crippen MR) is 51.9 cm³/mol. The van der Waals surface area contributed by atoms with Gasteiger partial charge in [0, 0.05) is 18.0 Å². The zero-order chi connectivity index (χ0) is 10.9. The Labute approximate surface area is 82.7 Å². The molecule has 0 aromatic rings. The smallest absolute Gasteiger partial charge is 0.192 e. The van der Waals surface area contributed by atoms with E-state index in [1.807, 2.05) is 0 Å². The number of allylic oxidation sites excluding steroid dienone is 2. The van der Waals surface area contributed by atoms with Gasteiger partial charge in [-0.2, -0.15) is 0 Å². The van der Waals surface area contributed by atoms with E-state index < -0.39 is 11.6 Å². The van der Waals surface area contributed by atoms with Crippen LogP contribution in [0.15, 0.2) is 23.0 Å². The van der Waals surface area contributed by atoms with E-state index in [1.54, 1.807) is 13.0 Å². The average molecular weight is 201 g/mol. The van der Waals surface area contributed by atoms with Crippen LogP contribution in [0.2, 0.25) is 0 Å². The fourth-order valence-electron chi connectivity index (χ4n) is 1.89. The first-order chi connectivity index (χ1) is 6.40.